The Balaban J connectivity index is 1.39. The normalized spacial score (nSPS) is 11.0. The second-order valence-corrected chi connectivity index (χ2v) is 6.92. The van der Waals surface area contributed by atoms with Crippen molar-refractivity contribution >= 4 is 28.1 Å². The molecule has 6 nitrogen and oxygen atoms in total. The minimum absolute atomic E-state index is 0.0646. The molecule has 0 saturated heterocycles. The average Bonchev–Trinajstić information content (AvgIpc) is 3.41. The molecule has 4 rings (SSSR count). The van der Waals surface area contributed by atoms with Crippen LogP contribution in [-0.2, 0) is 6.42 Å². The van der Waals surface area contributed by atoms with E-state index >= 15 is 0 Å². The van der Waals surface area contributed by atoms with Gasteiger partial charge in [0.05, 0.1) is 16.9 Å². The van der Waals surface area contributed by atoms with Crippen LogP contribution in [0.2, 0.25) is 0 Å². The van der Waals surface area contributed by atoms with Gasteiger partial charge >= 0.3 is 0 Å². The summed E-state index contributed by atoms with van der Waals surface area (Å²) >= 11 is 1.43. The molecule has 0 spiro atoms. The number of hydrogen-bond donors (Lipinski definition) is 3. The molecule has 3 N–H and O–H groups in total. The van der Waals surface area contributed by atoms with E-state index in [1.807, 2.05) is 36.5 Å². The van der Waals surface area contributed by atoms with Gasteiger partial charge in [0, 0.05) is 36.0 Å². The Morgan fingerprint density at radius 3 is 3.00 bits per heavy atom. The van der Waals surface area contributed by atoms with Crippen molar-refractivity contribution < 1.29 is 9.53 Å². The van der Waals surface area contributed by atoms with E-state index in [4.69, 9.17) is 4.74 Å². The maximum absolute atomic E-state index is 12.4. The summed E-state index contributed by atoms with van der Waals surface area (Å²) in [5, 5.41) is 4.11. The van der Waals surface area contributed by atoms with Crippen LogP contribution in [0, 0.1) is 0 Å². The highest BCUT2D eigenvalue weighted by atomic mass is 32.1. The van der Waals surface area contributed by atoms with Crippen LogP contribution in [0.25, 0.3) is 21.6 Å². The number of methoxy groups -OCH3 is 1. The zero-order chi connectivity index (χ0) is 17.9. The molecule has 0 aliphatic carbocycles. The SMILES string of the molecule is COc1ccc2[nH]cc(CCNC(=O)c3ccc(-c4ncc[nH]4)s3)c2c1. The summed E-state index contributed by atoms with van der Waals surface area (Å²) in [5.41, 5.74) is 2.22. The lowest BCUT2D eigenvalue weighted by Gasteiger charge is -2.04. The van der Waals surface area contributed by atoms with Crippen LogP contribution in [0.4, 0.5) is 0 Å². The van der Waals surface area contributed by atoms with Gasteiger partial charge in [0.2, 0.25) is 0 Å². The molecule has 0 atom stereocenters. The number of imidazole rings is 1. The molecule has 132 valence electrons. The topological polar surface area (TPSA) is 82.8 Å². The number of hydrogen-bond acceptors (Lipinski definition) is 4. The number of H-pyrrole nitrogens is 2. The van der Waals surface area contributed by atoms with Crippen LogP contribution in [0.5, 0.6) is 5.75 Å². The third kappa shape index (κ3) is 3.21. The summed E-state index contributed by atoms with van der Waals surface area (Å²) in [6.07, 6.45) is 6.20. The van der Waals surface area contributed by atoms with E-state index in [9.17, 15) is 4.79 Å². The number of nitrogens with zero attached hydrogens (tertiary/aromatic N) is 1. The maximum Gasteiger partial charge on any atom is 0.261 e. The third-order valence-electron chi connectivity index (χ3n) is 4.22. The first kappa shape index (κ1) is 16.4. The maximum atomic E-state index is 12.4. The number of benzene rings is 1. The molecular weight excluding hydrogens is 348 g/mol. The highest BCUT2D eigenvalue weighted by Crippen LogP contribution is 2.25. The van der Waals surface area contributed by atoms with E-state index in [0.717, 1.165) is 39.3 Å². The first-order valence-electron chi connectivity index (χ1n) is 8.26. The number of rotatable bonds is 6. The fourth-order valence-electron chi connectivity index (χ4n) is 2.88. The van der Waals surface area contributed by atoms with Crippen LogP contribution in [0.3, 0.4) is 0 Å². The summed E-state index contributed by atoms with van der Waals surface area (Å²) in [5.74, 6) is 1.54. The predicted octanol–water partition coefficient (Wildman–Crippen LogP) is 3.60. The van der Waals surface area contributed by atoms with Crippen molar-refractivity contribution in [2.24, 2.45) is 0 Å². The Hall–Kier alpha value is -3.06. The monoisotopic (exact) mass is 366 g/mol. The molecule has 0 aliphatic heterocycles. The lowest BCUT2D eigenvalue weighted by molar-refractivity contribution is 0.0958. The Kier molecular flexibility index (Phi) is 4.45. The van der Waals surface area contributed by atoms with Crippen molar-refractivity contribution in [1.82, 2.24) is 20.3 Å². The summed E-state index contributed by atoms with van der Waals surface area (Å²) in [4.78, 5) is 24.5. The Morgan fingerprint density at radius 1 is 1.27 bits per heavy atom. The zero-order valence-electron chi connectivity index (χ0n) is 14.2. The van der Waals surface area contributed by atoms with Gasteiger partial charge in [-0.3, -0.25) is 4.79 Å². The third-order valence-corrected chi connectivity index (χ3v) is 5.31. The smallest absolute Gasteiger partial charge is 0.261 e. The van der Waals surface area contributed by atoms with E-state index in [-0.39, 0.29) is 5.91 Å². The molecule has 4 aromatic rings. The first-order valence-corrected chi connectivity index (χ1v) is 9.08. The number of amides is 1. The molecule has 0 bridgehead atoms. The molecule has 0 aliphatic rings. The van der Waals surface area contributed by atoms with Gasteiger partial charge in [0.25, 0.3) is 5.91 Å². The molecule has 1 aromatic carbocycles. The number of nitrogens with one attached hydrogen (secondary N) is 3. The molecule has 0 saturated carbocycles. The van der Waals surface area contributed by atoms with Gasteiger partial charge in [-0.1, -0.05) is 0 Å². The second-order valence-electron chi connectivity index (χ2n) is 5.83. The van der Waals surface area contributed by atoms with E-state index in [1.165, 1.54) is 11.3 Å². The molecule has 26 heavy (non-hydrogen) atoms. The van der Waals surface area contributed by atoms with Crippen molar-refractivity contribution in [2.75, 3.05) is 13.7 Å². The highest BCUT2D eigenvalue weighted by molar-refractivity contribution is 7.17. The zero-order valence-corrected chi connectivity index (χ0v) is 15.0. The van der Waals surface area contributed by atoms with Crippen LogP contribution >= 0.6 is 11.3 Å². The van der Waals surface area contributed by atoms with Crippen LogP contribution < -0.4 is 10.1 Å². The first-order chi connectivity index (χ1) is 12.7. The molecule has 3 aromatic heterocycles. The molecule has 0 fully saturated rings. The summed E-state index contributed by atoms with van der Waals surface area (Å²) in [7, 11) is 1.66. The molecular formula is C19H18N4O2S. The van der Waals surface area contributed by atoms with Gasteiger partial charge in [-0.2, -0.15) is 0 Å². The summed E-state index contributed by atoms with van der Waals surface area (Å²) < 4.78 is 5.29. The number of fused-ring (bicyclic) bond motifs is 1. The fourth-order valence-corrected chi connectivity index (χ4v) is 3.76. The van der Waals surface area contributed by atoms with Crippen molar-refractivity contribution in [3.05, 3.63) is 59.4 Å². The molecule has 0 radical (unpaired) electrons. The molecule has 3 heterocycles. The van der Waals surface area contributed by atoms with Gasteiger partial charge in [0.15, 0.2) is 0 Å². The fraction of sp³-hybridized carbons (Fsp3) is 0.158. The number of ether oxygens (including phenoxy) is 1. The molecule has 0 unspecified atom stereocenters. The van der Waals surface area contributed by atoms with Gasteiger partial charge < -0.3 is 20.0 Å². The van der Waals surface area contributed by atoms with Crippen LogP contribution in [0.15, 0.2) is 48.9 Å². The number of aromatic nitrogens is 3. The van der Waals surface area contributed by atoms with Crippen molar-refractivity contribution in [1.29, 1.82) is 0 Å². The second kappa shape index (κ2) is 7.05. The summed E-state index contributed by atoms with van der Waals surface area (Å²) in [6.45, 7) is 0.566. The van der Waals surface area contributed by atoms with Gasteiger partial charge in [-0.05, 0) is 42.3 Å². The van der Waals surface area contributed by atoms with E-state index < -0.39 is 0 Å². The number of thiophene rings is 1. The lowest BCUT2D eigenvalue weighted by Crippen LogP contribution is -2.24. The van der Waals surface area contributed by atoms with Crippen molar-refractivity contribution in [3.8, 4) is 16.5 Å². The van der Waals surface area contributed by atoms with E-state index in [0.29, 0.717) is 11.4 Å². The average molecular weight is 366 g/mol. The minimum atomic E-state index is -0.0646. The van der Waals surface area contributed by atoms with Crippen molar-refractivity contribution in [3.63, 3.8) is 0 Å². The number of aromatic amines is 2. The van der Waals surface area contributed by atoms with Gasteiger partial charge in [-0.25, -0.2) is 4.98 Å². The number of carbonyl (C=O) groups is 1. The standard InChI is InChI=1S/C19H18N4O2S/c1-25-13-2-3-15-14(10-13)12(11-23-15)6-7-22-19(24)17-5-4-16(26-17)18-20-8-9-21-18/h2-5,8-11,23H,6-7H2,1H3,(H,20,21)(H,22,24). The molecule has 1 amide bonds. The minimum Gasteiger partial charge on any atom is -0.497 e. The van der Waals surface area contributed by atoms with Crippen molar-refractivity contribution in [2.45, 2.75) is 6.42 Å². The Morgan fingerprint density at radius 2 is 2.19 bits per heavy atom. The predicted molar refractivity (Wildman–Crippen MR) is 103 cm³/mol. The lowest BCUT2D eigenvalue weighted by atomic mass is 10.1. The quantitative estimate of drug-likeness (QED) is 0.487. The van der Waals surface area contributed by atoms with Crippen LogP contribution in [0.1, 0.15) is 15.2 Å². The summed E-state index contributed by atoms with van der Waals surface area (Å²) in [6, 6.07) is 9.67. The van der Waals surface area contributed by atoms with Gasteiger partial charge in [-0.15, -0.1) is 11.3 Å². The number of carbonyl (C=O) groups excluding carboxylic acids is 1. The van der Waals surface area contributed by atoms with Gasteiger partial charge in [0.1, 0.15) is 11.6 Å². The Labute approximate surface area is 154 Å². The largest absolute Gasteiger partial charge is 0.497 e. The van der Waals surface area contributed by atoms with E-state index in [1.54, 1.807) is 19.5 Å². The van der Waals surface area contributed by atoms with Crippen LogP contribution in [-0.4, -0.2) is 34.5 Å². The molecule has 7 heteroatoms. The van der Waals surface area contributed by atoms with E-state index in [2.05, 4.69) is 20.3 Å². The Bertz CT molecular complexity index is 1030. The highest BCUT2D eigenvalue weighted by Gasteiger charge is 2.12.